The number of nitrogens with zero attached hydrogens (tertiary/aromatic N) is 2. The summed E-state index contributed by atoms with van der Waals surface area (Å²) in [5.41, 5.74) is 0.783. The lowest BCUT2D eigenvalue weighted by atomic mass is 9.92. The largest absolute Gasteiger partial charge is 0.492 e. The van der Waals surface area contributed by atoms with E-state index in [9.17, 15) is 4.79 Å². The fourth-order valence-corrected chi connectivity index (χ4v) is 2.75. The second-order valence-electron chi connectivity index (χ2n) is 7.26. The van der Waals surface area contributed by atoms with Gasteiger partial charge in [0.1, 0.15) is 12.4 Å². The van der Waals surface area contributed by atoms with Crippen molar-refractivity contribution in [1.29, 1.82) is 5.26 Å². The molecule has 0 saturated carbocycles. The number of carbonyl (C=O) groups is 1. The molecule has 0 aliphatic carbocycles. The molecule has 0 bridgehead atoms. The van der Waals surface area contributed by atoms with E-state index in [1.165, 1.54) is 0 Å². The molecule has 2 rings (SSSR count). The third-order valence-electron chi connectivity index (χ3n) is 4.66. The number of benzene rings is 1. The first-order chi connectivity index (χ1) is 11.3. The fraction of sp³-hybridized carbons (Fsp3) is 0.579. The SMILES string of the molecule is Cc1c(C#N)cccc1OCC(C)(C)C(=O)NC1CCN(C)CC1. The standard InChI is InChI=1S/C19H27N3O2/c1-14-15(12-20)6-5-7-17(14)24-13-19(2,3)18(23)21-16-8-10-22(4)11-9-16/h5-7,16H,8-11,13H2,1-4H3,(H,21,23). The van der Waals surface area contributed by atoms with Crippen LogP contribution in [0.3, 0.4) is 0 Å². The molecule has 1 fully saturated rings. The highest BCUT2D eigenvalue weighted by Crippen LogP contribution is 2.24. The van der Waals surface area contributed by atoms with E-state index < -0.39 is 5.41 Å². The van der Waals surface area contributed by atoms with Gasteiger partial charge < -0.3 is 15.0 Å². The number of hydrogen-bond acceptors (Lipinski definition) is 4. The van der Waals surface area contributed by atoms with Crippen molar-refractivity contribution in [2.75, 3.05) is 26.7 Å². The lowest BCUT2D eigenvalue weighted by molar-refractivity contribution is -0.131. The zero-order valence-corrected chi connectivity index (χ0v) is 15.1. The minimum absolute atomic E-state index is 0.0196. The summed E-state index contributed by atoms with van der Waals surface area (Å²) < 4.78 is 5.85. The van der Waals surface area contributed by atoms with E-state index in [0.29, 0.717) is 11.3 Å². The first-order valence-electron chi connectivity index (χ1n) is 8.45. The van der Waals surface area contributed by atoms with Gasteiger partial charge in [0, 0.05) is 11.6 Å². The molecule has 0 radical (unpaired) electrons. The van der Waals surface area contributed by atoms with Crippen LogP contribution in [0.15, 0.2) is 18.2 Å². The number of carbonyl (C=O) groups excluding carboxylic acids is 1. The van der Waals surface area contributed by atoms with Crippen molar-refractivity contribution in [2.24, 2.45) is 5.41 Å². The highest BCUT2D eigenvalue weighted by atomic mass is 16.5. The van der Waals surface area contributed by atoms with Gasteiger partial charge in [-0.1, -0.05) is 6.07 Å². The number of amides is 1. The molecule has 5 nitrogen and oxygen atoms in total. The van der Waals surface area contributed by atoms with Crippen LogP contribution in [0, 0.1) is 23.7 Å². The predicted octanol–water partition coefficient (Wildman–Crippen LogP) is 2.48. The number of nitriles is 1. The Labute approximate surface area is 144 Å². The zero-order chi connectivity index (χ0) is 17.7. The molecule has 1 aliphatic rings. The summed E-state index contributed by atoms with van der Waals surface area (Å²) in [5, 5.41) is 12.2. The van der Waals surface area contributed by atoms with Crippen molar-refractivity contribution < 1.29 is 9.53 Å². The molecule has 0 spiro atoms. The average Bonchev–Trinajstić information content (AvgIpc) is 2.56. The highest BCUT2D eigenvalue weighted by molar-refractivity contribution is 5.82. The maximum atomic E-state index is 12.6. The molecule has 130 valence electrons. The quantitative estimate of drug-likeness (QED) is 0.901. The molecule has 5 heteroatoms. The van der Waals surface area contributed by atoms with Crippen LogP contribution in [0.2, 0.25) is 0 Å². The van der Waals surface area contributed by atoms with Gasteiger partial charge >= 0.3 is 0 Å². The van der Waals surface area contributed by atoms with E-state index in [-0.39, 0.29) is 18.6 Å². The van der Waals surface area contributed by atoms with E-state index in [2.05, 4.69) is 23.3 Å². The molecule has 1 aromatic rings. The summed E-state index contributed by atoms with van der Waals surface area (Å²) in [7, 11) is 2.10. The average molecular weight is 329 g/mol. The monoisotopic (exact) mass is 329 g/mol. The third kappa shape index (κ3) is 4.48. The summed E-state index contributed by atoms with van der Waals surface area (Å²) >= 11 is 0. The van der Waals surface area contributed by atoms with Crippen molar-refractivity contribution in [3.05, 3.63) is 29.3 Å². The van der Waals surface area contributed by atoms with Gasteiger partial charge in [-0.2, -0.15) is 5.26 Å². The smallest absolute Gasteiger partial charge is 0.229 e. The zero-order valence-electron chi connectivity index (χ0n) is 15.1. The molecule has 1 saturated heterocycles. The Morgan fingerprint density at radius 1 is 1.42 bits per heavy atom. The minimum Gasteiger partial charge on any atom is -0.492 e. The Bertz CT molecular complexity index is 626. The topological polar surface area (TPSA) is 65.4 Å². The number of hydrogen-bond donors (Lipinski definition) is 1. The van der Waals surface area contributed by atoms with Gasteiger partial charge in [0.25, 0.3) is 0 Å². The van der Waals surface area contributed by atoms with Crippen molar-refractivity contribution in [1.82, 2.24) is 10.2 Å². The van der Waals surface area contributed by atoms with Crippen molar-refractivity contribution in [3.63, 3.8) is 0 Å². The van der Waals surface area contributed by atoms with Gasteiger partial charge in [0.05, 0.1) is 17.0 Å². The van der Waals surface area contributed by atoms with Gasteiger partial charge in [-0.05, 0) is 65.9 Å². The summed E-state index contributed by atoms with van der Waals surface area (Å²) in [5.74, 6) is 0.681. The lowest BCUT2D eigenvalue weighted by Gasteiger charge is -2.32. The molecule has 1 heterocycles. The Hall–Kier alpha value is -2.06. The van der Waals surface area contributed by atoms with Crippen LogP contribution in [-0.2, 0) is 4.79 Å². The molecule has 1 aromatic carbocycles. The van der Waals surface area contributed by atoms with Crippen molar-refractivity contribution in [3.8, 4) is 11.8 Å². The Morgan fingerprint density at radius 2 is 2.08 bits per heavy atom. The van der Waals surface area contributed by atoms with Gasteiger partial charge in [-0.3, -0.25) is 4.79 Å². The summed E-state index contributed by atoms with van der Waals surface area (Å²) in [6, 6.07) is 7.79. The van der Waals surface area contributed by atoms with E-state index in [1.54, 1.807) is 12.1 Å². The highest BCUT2D eigenvalue weighted by Gasteiger charge is 2.31. The van der Waals surface area contributed by atoms with Crippen LogP contribution in [-0.4, -0.2) is 43.6 Å². The fourth-order valence-electron chi connectivity index (χ4n) is 2.75. The van der Waals surface area contributed by atoms with E-state index in [0.717, 1.165) is 31.5 Å². The third-order valence-corrected chi connectivity index (χ3v) is 4.66. The van der Waals surface area contributed by atoms with Crippen LogP contribution in [0.4, 0.5) is 0 Å². The molecule has 1 amide bonds. The van der Waals surface area contributed by atoms with Gasteiger partial charge in [0.15, 0.2) is 0 Å². The second-order valence-corrected chi connectivity index (χ2v) is 7.26. The van der Waals surface area contributed by atoms with Gasteiger partial charge in [-0.25, -0.2) is 0 Å². The Morgan fingerprint density at radius 3 is 2.71 bits per heavy atom. The van der Waals surface area contributed by atoms with Crippen LogP contribution >= 0.6 is 0 Å². The van der Waals surface area contributed by atoms with Gasteiger partial charge in [-0.15, -0.1) is 0 Å². The first kappa shape index (κ1) is 18.3. The molecule has 1 N–H and O–H groups in total. The Kier molecular flexibility index (Phi) is 5.84. The second kappa shape index (κ2) is 7.67. The molecule has 1 aliphatic heterocycles. The number of likely N-dealkylation sites (tertiary alicyclic amines) is 1. The molecular formula is C19H27N3O2. The summed E-state index contributed by atoms with van der Waals surface area (Å²) in [4.78, 5) is 14.9. The number of ether oxygens (including phenoxy) is 1. The maximum absolute atomic E-state index is 12.6. The minimum atomic E-state index is -0.627. The molecule has 0 atom stereocenters. The predicted molar refractivity (Wildman–Crippen MR) is 93.8 cm³/mol. The van der Waals surface area contributed by atoms with E-state index in [1.807, 2.05) is 26.8 Å². The molecule has 0 aromatic heterocycles. The number of rotatable bonds is 5. The normalized spacial score (nSPS) is 16.5. The van der Waals surface area contributed by atoms with Crippen LogP contribution < -0.4 is 10.1 Å². The molecule has 0 unspecified atom stereocenters. The van der Waals surface area contributed by atoms with E-state index >= 15 is 0 Å². The van der Waals surface area contributed by atoms with Crippen LogP contribution in [0.1, 0.15) is 37.8 Å². The number of piperidine rings is 1. The van der Waals surface area contributed by atoms with Gasteiger partial charge in [0.2, 0.25) is 5.91 Å². The summed E-state index contributed by atoms with van der Waals surface area (Å²) in [6.07, 6.45) is 1.98. The van der Waals surface area contributed by atoms with Crippen molar-refractivity contribution >= 4 is 5.91 Å². The summed E-state index contributed by atoms with van der Waals surface area (Å²) in [6.45, 7) is 7.95. The van der Waals surface area contributed by atoms with Crippen LogP contribution in [0.25, 0.3) is 0 Å². The molecular weight excluding hydrogens is 302 g/mol. The number of nitrogens with one attached hydrogen (secondary N) is 1. The van der Waals surface area contributed by atoms with Crippen molar-refractivity contribution in [2.45, 2.75) is 39.7 Å². The Balaban J connectivity index is 1.93. The van der Waals surface area contributed by atoms with Crippen LogP contribution in [0.5, 0.6) is 5.75 Å². The maximum Gasteiger partial charge on any atom is 0.229 e. The van der Waals surface area contributed by atoms with E-state index in [4.69, 9.17) is 10.00 Å². The lowest BCUT2D eigenvalue weighted by Crippen LogP contribution is -2.49. The molecule has 24 heavy (non-hydrogen) atoms. The first-order valence-corrected chi connectivity index (χ1v) is 8.45.